The van der Waals surface area contributed by atoms with E-state index in [-0.39, 0.29) is 0 Å². The van der Waals surface area contributed by atoms with Gasteiger partial charge in [0.1, 0.15) is 0 Å². The molecule has 17 heavy (non-hydrogen) atoms. The maximum absolute atomic E-state index is 11.2. The first-order chi connectivity index (χ1) is 8.04. The van der Waals surface area contributed by atoms with Gasteiger partial charge in [0.05, 0.1) is 18.1 Å². The van der Waals surface area contributed by atoms with E-state index >= 15 is 0 Å². The molecule has 0 spiro atoms. The Kier molecular flexibility index (Phi) is 6.33. The zero-order chi connectivity index (χ0) is 12.7. The molecule has 0 fully saturated rings. The molecule has 0 aliphatic rings. The minimum atomic E-state index is -3.10. The molecule has 0 saturated carbocycles. The molecular formula is C11H15ClO3S2. The second-order valence-electron chi connectivity index (χ2n) is 3.39. The Bertz CT molecular complexity index is 429. The normalized spacial score (nSPS) is 11.6. The van der Waals surface area contributed by atoms with Crippen LogP contribution in [0.4, 0.5) is 0 Å². The largest absolute Gasteiger partial charge is 0.379 e. The van der Waals surface area contributed by atoms with Gasteiger partial charge in [-0.25, -0.2) is 8.42 Å². The van der Waals surface area contributed by atoms with Crippen molar-refractivity contribution in [1.82, 2.24) is 0 Å². The van der Waals surface area contributed by atoms with Gasteiger partial charge in [-0.15, -0.1) is 23.4 Å². The van der Waals surface area contributed by atoms with Gasteiger partial charge in [-0.1, -0.05) is 0 Å². The molecule has 1 rings (SSSR count). The van der Waals surface area contributed by atoms with Crippen molar-refractivity contribution in [2.45, 2.75) is 9.79 Å². The van der Waals surface area contributed by atoms with Crippen LogP contribution in [-0.4, -0.2) is 39.5 Å². The van der Waals surface area contributed by atoms with Gasteiger partial charge < -0.3 is 4.74 Å². The van der Waals surface area contributed by atoms with Crippen LogP contribution in [0.3, 0.4) is 0 Å². The van der Waals surface area contributed by atoms with Gasteiger partial charge in [0.15, 0.2) is 9.84 Å². The second-order valence-corrected chi connectivity index (χ2v) is 6.96. The molecule has 0 heterocycles. The third kappa shape index (κ3) is 5.77. The summed E-state index contributed by atoms with van der Waals surface area (Å²) in [6, 6.07) is 6.86. The van der Waals surface area contributed by atoms with Crippen LogP contribution >= 0.6 is 23.4 Å². The lowest BCUT2D eigenvalue weighted by molar-refractivity contribution is 0.166. The van der Waals surface area contributed by atoms with E-state index in [2.05, 4.69) is 0 Å². The highest BCUT2D eigenvalue weighted by Gasteiger charge is 2.05. The van der Waals surface area contributed by atoms with E-state index in [4.69, 9.17) is 16.3 Å². The molecular weight excluding hydrogens is 280 g/mol. The molecule has 1 aromatic carbocycles. The predicted octanol–water partition coefficient (Wildman–Crippen LogP) is 2.44. The topological polar surface area (TPSA) is 43.4 Å². The standard InChI is InChI=1S/C11H15ClO3S2/c1-17(13,14)11-4-2-10(3-5-11)16-9-8-15-7-6-12/h2-5H,6-9H2,1H3. The minimum Gasteiger partial charge on any atom is -0.379 e. The van der Waals surface area contributed by atoms with Crippen molar-refractivity contribution in [3.63, 3.8) is 0 Å². The van der Waals surface area contributed by atoms with E-state index < -0.39 is 9.84 Å². The highest BCUT2D eigenvalue weighted by atomic mass is 35.5. The number of alkyl halides is 1. The Morgan fingerprint density at radius 1 is 1.24 bits per heavy atom. The Morgan fingerprint density at radius 2 is 1.88 bits per heavy atom. The average Bonchev–Trinajstić information content (AvgIpc) is 2.28. The van der Waals surface area contributed by atoms with E-state index in [1.807, 2.05) is 12.1 Å². The molecule has 0 amide bonds. The van der Waals surface area contributed by atoms with Gasteiger partial charge in [-0.2, -0.15) is 0 Å². The third-order valence-corrected chi connectivity index (χ3v) is 4.23. The smallest absolute Gasteiger partial charge is 0.175 e. The number of halogens is 1. The number of sulfone groups is 1. The summed E-state index contributed by atoms with van der Waals surface area (Å²) >= 11 is 7.10. The highest BCUT2D eigenvalue weighted by molar-refractivity contribution is 7.99. The summed E-state index contributed by atoms with van der Waals surface area (Å²) < 4.78 is 27.7. The Morgan fingerprint density at radius 3 is 2.41 bits per heavy atom. The minimum absolute atomic E-state index is 0.347. The molecule has 0 bridgehead atoms. The fourth-order valence-electron chi connectivity index (χ4n) is 1.16. The zero-order valence-electron chi connectivity index (χ0n) is 9.56. The van der Waals surface area contributed by atoms with Crippen LogP contribution in [0.2, 0.25) is 0 Å². The SMILES string of the molecule is CS(=O)(=O)c1ccc(SCCOCCCl)cc1. The Balaban J connectivity index is 2.41. The first kappa shape index (κ1) is 14.8. The van der Waals surface area contributed by atoms with Crippen molar-refractivity contribution >= 4 is 33.2 Å². The number of rotatable bonds is 7. The van der Waals surface area contributed by atoms with Crippen molar-refractivity contribution in [3.8, 4) is 0 Å². The molecule has 1 aromatic rings. The van der Waals surface area contributed by atoms with Crippen molar-refractivity contribution in [1.29, 1.82) is 0 Å². The number of ether oxygens (including phenoxy) is 1. The molecule has 3 nitrogen and oxygen atoms in total. The predicted molar refractivity (Wildman–Crippen MR) is 71.8 cm³/mol. The van der Waals surface area contributed by atoms with Crippen LogP contribution in [0.5, 0.6) is 0 Å². The van der Waals surface area contributed by atoms with Crippen LogP contribution in [-0.2, 0) is 14.6 Å². The second kappa shape index (κ2) is 7.26. The van der Waals surface area contributed by atoms with Gasteiger partial charge in [0.2, 0.25) is 0 Å². The van der Waals surface area contributed by atoms with Crippen molar-refractivity contribution in [2.75, 3.05) is 31.1 Å². The van der Waals surface area contributed by atoms with Crippen LogP contribution in [0, 0.1) is 0 Å². The summed E-state index contributed by atoms with van der Waals surface area (Å²) in [5.74, 6) is 1.34. The average molecular weight is 295 g/mol. The molecule has 96 valence electrons. The number of thioether (sulfide) groups is 1. The molecule has 0 aromatic heterocycles. The molecule has 6 heteroatoms. The molecule has 0 atom stereocenters. The summed E-state index contributed by atoms with van der Waals surface area (Å²) in [4.78, 5) is 1.38. The van der Waals surface area contributed by atoms with E-state index in [0.717, 1.165) is 10.6 Å². The van der Waals surface area contributed by atoms with Crippen LogP contribution in [0.1, 0.15) is 0 Å². The summed E-state index contributed by atoms with van der Waals surface area (Å²) in [6.07, 6.45) is 1.20. The summed E-state index contributed by atoms with van der Waals surface area (Å²) in [5, 5.41) is 0. The fraction of sp³-hybridized carbons (Fsp3) is 0.455. The molecule has 0 aliphatic heterocycles. The van der Waals surface area contributed by atoms with E-state index in [1.165, 1.54) is 6.26 Å². The van der Waals surface area contributed by atoms with Gasteiger partial charge in [-0.3, -0.25) is 0 Å². The van der Waals surface area contributed by atoms with Crippen molar-refractivity contribution in [2.24, 2.45) is 0 Å². The first-order valence-corrected chi connectivity index (χ1v) is 8.52. The third-order valence-electron chi connectivity index (χ3n) is 1.97. The number of hydrogen-bond donors (Lipinski definition) is 0. The fourth-order valence-corrected chi connectivity index (χ4v) is 2.66. The Hall–Kier alpha value is -0.230. The van der Waals surface area contributed by atoms with Crippen LogP contribution in [0.15, 0.2) is 34.1 Å². The summed E-state index contributed by atoms with van der Waals surface area (Å²) in [6.45, 7) is 1.21. The van der Waals surface area contributed by atoms with Gasteiger partial charge in [0.25, 0.3) is 0 Å². The molecule has 0 aliphatic carbocycles. The van der Waals surface area contributed by atoms with Crippen LogP contribution < -0.4 is 0 Å². The van der Waals surface area contributed by atoms with E-state index in [1.54, 1.807) is 23.9 Å². The van der Waals surface area contributed by atoms with E-state index in [9.17, 15) is 8.42 Å². The summed E-state index contributed by atoms with van der Waals surface area (Å²) in [7, 11) is -3.10. The molecule has 0 N–H and O–H groups in total. The maximum atomic E-state index is 11.2. The molecule has 0 saturated heterocycles. The number of hydrogen-bond acceptors (Lipinski definition) is 4. The maximum Gasteiger partial charge on any atom is 0.175 e. The van der Waals surface area contributed by atoms with Crippen LogP contribution in [0.25, 0.3) is 0 Å². The van der Waals surface area contributed by atoms with Gasteiger partial charge in [0, 0.05) is 22.8 Å². The molecule has 0 unspecified atom stereocenters. The quantitative estimate of drug-likeness (QED) is 0.440. The monoisotopic (exact) mass is 294 g/mol. The lowest BCUT2D eigenvalue weighted by Crippen LogP contribution is -2.00. The van der Waals surface area contributed by atoms with Gasteiger partial charge in [-0.05, 0) is 24.3 Å². The first-order valence-electron chi connectivity index (χ1n) is 5.10. The van der Waals surface area contributed by atoms with Crippen molar-refractivity contribution < 1.29 is 13.2 Å². The lowest BCUT2D eigenvalue weighted by Gasteiger charge is -2.03. The Labute approximate surface area is 111 Å². The zero-order valence-corrected chi connectivity index (χ0v) is 11.9. The summed E-state index contributed by atoms with van der Waals surface area (Å²) in [5.41, 5.74) is 0. The highest BCUT2D eigenvalue weighted by Crippen LogP contribution is 2.19. The molecule has 0 radical (unpaired) electrons. The van der Waals surface area contributed by atoms with Gasteiger partial charge >= 0.3 is 0 Å². The van der Waals surface area contributed by atoms with E-state index in [0.29, 0.717) is 24.0 Å². The number of benzene rings is 1. The lowest BCUT2D eigenvalue weighted by atomic mass is 10.4. The van der Waals surface area contributed by atoms with Crippen molar-refractivity contribution in [3.05, 3.63) is 24.3 Å².